The fourth-order valence-electron chi connectivity index (χ4n) is 3.43. The third kappa shape index (κ3) is 5.18. The first-order chi connectivity index (χ1) is 15.1. The van der Waals surface area contributed by atoms with Gasteiger partial charge in [-0.2, -0.15) is 4.31 Å². The average Bonchev–Trinajstić information content (AvgIpc) is 2.78. The van der Waals surface area contributed by atoms with Crippen molar-refractivity contribution >= 4 is 38.9 Å². The SMILES string of the molecule is COc1ccc(S(=O)(=O)N2CCN(C(C)C(=O)Nc3cccc(Cl)c3)CC2)cc1[N+](=O)[O-]. The maximum Gasteiger partial charge on any atom is 0.312 e. The Morgan fingerprint density at radius 2 is 1.88 bits per heavy atom. The van der Waals surface area contributed by atoms with Crippen LogP contribution in [0.25, 0.3) is 0 Å². The molecule has 32 heavy (non-hydrogen) atoms. The normalized spacial score (nSPS) is 16.3. The lowest BCUT2D eigenvalue weighted by molar-refractivity contribution is -0.386. The summed E-state index contributed by atoms with van der Waals surface area (Å²) in [6.45, 7) is 2.72. The number of amides is 1. The largest absolute Gasteiger partial charge is 0.490 e. The van der Waals surface area contributed by atoms with E-state index < -0.39 is 26.7 Å². The summed E-state index contributed by atoms with van der Waals surface area (Å²) in [5.74, 6) is -0.243. The summed E-state index contributed by atoms with van der Waals surface area (Å²) < 4.78 is 32.2. The maximum absolute atomic E-state index is 13.0. The van der Waals surface area contributed by atoms with Gasteiger partial charge in [0, 0.05) is 43.0 Å². The van der Waals surface area contributed by atoms with E-state index in [-0.39, 0.29) is 29.6 Å². The molecule has 1 aliphatic rings. The number of carbonyl (C=O) groups excluding carboxylic acids is 1. The number of anilines is 1. The quantitative estimate of drug-likeness (QED) is 0.475. The number of hydrogen-bond acceptors (Lipinski definition) is 7. The zero-order valence-corrected chi connectivity index (χ0v) is 19.1. The number of nitrogens with one attached hydrogen (secondary N) is 1. The van der Waals surface area contributed by atoms with Gasteiger partial charge in [0.15, 0.2) is 5.75 Å². The topological polar surface area (TPSA) is 122 Å². The van der Waals surface area contributed by atoms with Gasteiger partial charge in [0.2, 0.25) is 15.9 Å². The van der Waals surface area contributed by atoms with E-state index in [4.69, 9.17) is 16.3 Å². The van der Waals surface area contributed by atoms with Crippen molar-refractivity contribution in [3.63, 3.8) is 0 Å². The number of piperazine rings is 1. The van der Waals surface area contributed by atoms with Crippen LogP contribution in [0.2, 0.25) is 5.02 Å². The number of nitro groups is 1. The summed E-state index contributed by atoms with van der Waals surface area (Å²) in [6, 6.07) is 9.88. The lowest BCUT2D eigenvalue weighted by Gasteiger charge is -2.36. The number of halogens is 1. The fraction of sp³-hybridized carbons (Fsp3) is 0.350. The molecule has 1 saturated heterocycles. The summed E-state index contributed by atoms with van der Waals surface area (Å²) >= 11 is 5.94. The Balaban J connectivity index is 1.66. The highest BCUT2D eigenvalue weighted by Gasteiger charge is 2.33. The van der Waals surface area contributed by atoms with Crippen molar-refractivity contribution in [3.05, 3.63) is 57.6 Å². The van der Waals surface area contributed by atoms with Gasteiger partial charge in [-0.3, -0.25) is 19.8 Å². The van der Waals surface area contributed by atoms with Crippen LogP contribution in [-0.4, -0.2) is 67.8 Å². The lowest BCUT2D eigenvalue weighted by atomic mass is 10.2. The van der Waals surface area contributed by atoms with Crippen molar-refractivity contribution in [1.29, 1.82) is 0 Å². The Hall–Kier alpha value is -2.73. The number of nitro benzene ring substituents is 1. The van der Waals surface area contributed by atoms with Gasteiger partial charge in [-0.15, -0.1) is 0 Å². The van der Waals surface area contributed by atoms with Crippen LogP contribution in [0.1, 0.15) is 6.92 Å². The van der Waals surface area contributed by atoms with Crippen LogP contribution in [0.4, 0.5) is 11.4 Å². The van der Waals surface area contributed by atoms with Crippen molar-refractivity contribution in [1.82, 2.24) is 9.21 Å². The summed E-state index contributed by atoms with van der Waals surface area (Å²) in [7, 11) is -2.66. The van der Waals surface area contributed by atoms with E-state index in [1.807, 2.05) is 4.90 Å². The van der Waals surface area contributed by atoms with Crippen LogP contribution in [-0.2, 0) is 14.8 Å². The van der Waals surface area contributed by atoms with Gasteiger partial charge in [0.25, 0.3) is 0 Å². The number of benzene rings is 2. The standard InChI is InChI=1S/C20H23ClN4O6S/c1-14(20(26)22-16-5-3-4-15(21)12-16)23-8-10-24(11-9-23)32(29,30)17-6-7-19(31-2)18(13-17)25(27)28/h3-7,12-14H,8-11H2,1-2H3,(H,22,26). The molecule has 1 unspecified atom stereocenters. The van der Waals surface area contributed by atoms with Crippen LogP contribution in [0.5, 0.6) is 5.75 Å². The molecule has 0 saturated carbocycles. The predicted octanol–water partition coefficient (Wildman–Crippen LogP) is 2.59. The zero-order chi connectivity index (χ0) is 23.5. The van der Waals surface area contributed by atoms with Crippen molar-refractivity contribution in [2.24, 2.45) is 0 Å². The highest BCUT2D eigenvalue weighted by Crippen LogP contribution is 2.31. The average molecular weight is 483 g/mol. The van der Waals surface area contributed by atoms with Gasteiger partial charge in [0.05, 0.1) is 23.0 Å². The van der Waals surface area contributed by atoms with Gasteiger partial charge in [-0.05, 0) is 37.3 Å². The van der Waals surface area contributed by atoms with E-state index in [0.717, 1.165) is 6.07 Å². The first-order valence-electron chi connectivity index (χ1n) is 9.76. The molecule has 0 spiro atoms. The van der Waals surface area contributed by atoms with Crippen molar-refractivity contribution in [2.45, 2.75) is 17.9 Å². The number of sulfonamides is 1. The first-order valence-corrected chi connectivity index (χ1v) is 11.6. The number of nitrogens with zero attached hydrogens (tertiary/aromatic N) is 3. The molecule has 10 nitrogen and oxygen atoms in total. The predicted molar refractivity (Wildman–Crippen MR) is 120 cm³/mol. The zero-order valence-electron chi connectivity index (χ0n) is 17.5. The smallest absolute Gasteiger partial charge is 0.312 e. The number of carbonyl (C=O) groups is 1. The Bertz CT molecular complexity index is 1120. The van der Waals surface area contributed by atoms with Crippen molar-refractivity contribution in [3.8, 4) is 5.75 Å². The monoisotopic (exact) mass is 482 g/mol. The second-order valence-corrected chi connectivity index (χ2v) is 9.58. The molecule has 1 N–H and O–H groups in total. The summed E-state index contributed by atoms with van der Waals surface area (Å²) in [5.41, 5.74) is 0.162. The molecule has 1 amide bonds. The number of ether oxygens (including phenoxy) is 1. The van der Waals surface area contributed by atoms with Crippen molar-refractivity contribution in [2.75, 3.05) is 38.6 Å². The second kappa shape index (κ2) is 9.82. The van der Waals surface area contributed by atoms with E-state index in [2.05, 4.69) is 5.32 Å². The molecular formula is C20H23ClN4O6S. The molecule has 2 aromatic carbocycles. The highest BCUT2D eigenvalue weighted by molar-refractivity contribution is 7.89. The van der Waals surface area contributed by atoms with Crippen LogP contribution in [0, 0.1) is 10.1 Å². The van der Waals surface area contributed by atoms with Gasteiger partial charge in [0.1, 0.15) is 0 Å². The molecule has 12 heteroatoms. The number of rotatable bonds is 7. The number of methoxy groups -OCH3 is 1. The van der Waals surface area contributed by atoms with Crippen LogP contribution in [0.15, 0.2) is 47.4 Å². The van der Waals surface area contributed by atoms with E-state index in [1.54, 1.807) is 31.2 Å². The molecule has 0 bridgehead atoms. The Labute approximate surface area is 190 Å². The third-order valence-corrected chi connectivity index (χ3v) is 7.41. The molecule has 0 radical (unpaired) electrons. The van der Waals surface area contributed by atoms with Gasteiger partial charge < -0.3 is 10.1 Å². The van der Waals surface area contributed by atoms with Crippen LogP contribution in [0.3, 0.4) is 0 Å². The van der Waals surface area contributed by atoms with E-state index >= 15 is 0 Å². The van der Waals surface area contributed by atoms with Crippen LogP contribution >= 0.6 is 11.6 Å². The fourth-order valence-corrected chi connectivity index (χ4v) is 5.07. The molecule has 0 aliphatic carbocycles. The molecule has 1 atom stereocenters. The van der Waals surface area contributed by atoms with Crippen molar-refractivity contribution < 1.29 is 22.9 Å². The van der Waals surface area contributed by atoms with Gasteiger partial charge in [-0.1, -0.05) is 17.7 Å². The highest BCUT2D eigenvalue weighted by atomic mass is 35.5. The minimum absolute atomic E-state index is 0.0155. The Morgan fingerprint density at radius 1 is 1.19 bits per heavy atom. The van der Waals surface area contributed by atoms with Gasteiger partial charge >= 0.3 is 5.69 Å². The van der Waals surface area contributed by atoms with E-state index in [0.29, 0.717) is 23.8 Å². The summed E-state index contributed by atoms with van der Waals surface area (Å²) in [5, 5.41) is 14.5. The maximum atomic E-state index is 13.0. The third-order valence-electron chi connectivity index (χ3n) is 5.28. The molecule has 0 aromatic heterocycles. The Morgan fingerprint density at radius 3 is 2.47 bits per heavy atom. The molecule has 2 aromatic rings. The lowest BCUT2D eigenvalue weighted by Crippen LogP contribution is -2.53. The van der Waals surface area contributed by atoms with Gasteiger partial charge in [-0.25, -0.2) is 8.42 Å². The molecule has 1 fully saturated rings. The van der Waals surface area contributed by atoms with E-state index in [9.17, 15) is 23.3 Å². The molecule has 3 rings (SSSR count). The first kappa shape index (κ1) is 23.9. The molecule has 1 heterocycles. The summed E-state index contributed by atoms with van der Waals surface area (Å²) in [6.07, 6.45) is 0. The minimum Gasteiger partial charge on any atom is -0.490 e. The second-order valence-electron chi connectivity index (χ2n) is 7.21. The van der Waals surface area contributed by atoms with Crippen LogP contribution < -0.4 is 10.1 Å². The molecule has 1 aliphatic heterocycles. The Kier molecular flexibility index (Phi) is 7.34. The molecular weight excluding hydrogens is 460 g/mol. The summed E-state index contributed by atoms with van der Waals surface area (Å²) in [4.78, 5) is 24.8. The minimum atomic E-state index is -3.93. The van der Waals surface area contributed by atoms with E-state index in [1.165, 1.54) is 23.5 Å². The molecule has 172 valence electrons. The number of hydrogen-bond donors (Lipinski definition) is 1.